The lowest BCUT2D eigenvalue weighted by molar-refractivity contribution is 1.42. The molecular formula is C26H29NSi2. The van der Waals surface area contributed by atoms with E-state index >= 15 is 0 Å². The van der Waals surface area contributed by atoms with E-state index in [1.54, 1.807) is 5.20 Å². The van der Waals surface area contributed by atoms with Gasteiger partial charge in [-0.1, -0.05) is 110 Å². The van der Waals surface area contributed by atoms with Crippen molar-refractivity contribution < 1.29 is 0 Å². The van der Waals surface area contributed by atoms with E-state index in [-0.39, 0.29) is 0 Å². The summed E-state index contributed by atoms with van der Waals surface area (Å²) in [6.07, 6.45) is 1.93. The average Bonchev–Trinajstić information content (AvgIpc) is 2.70. The second kappa shape index (κ2) is 7.40. The van der Waals surface area contributed by atoms with E-state index in [0.29, 0.717) is 0 Å². The quantitative estimate of drug-likeness (QED) is 0.336. The summed E-state index contributed by atoms with van der Waals surface area (Å²) in [6.45, 7) is 12.3. The fraction of sp³-hybridized carbons (Fsp3) is 0.192. The first kappa shape index (κ1) is 19.8. The second-order valence-electron chi connectivity index (χ2n) is 9.46. The van der Waals surface area contributed by atoms with Gasteiger partial charge in [-0.2, -0.15) is 0 Å². The zero-order chi connectivity index (χ0) is 20.6. The first-order valence-electron chi connectivity index (χ1n) is 10.3. The SMILES string of the molecule is C[Si](C)(C)/C=C(\c1cccc2ccccc12)[Si](C)(C)c1cccc2cccnc12. The van der Waals surface area contributed by atoms with Crippen LogP contribution in [-0.4, -0.2) is 21.1 Å². The zero-order valence-corrected chi connectivity index (χ0v) is 20.0. The van der Waals surface area contributed by atoms with Gasteiger partial charge < -0.3 is 0 Å². The molecule has 0 saturated heterocycles. The minimum Gasteiger partial charge on any atom is -0.256 e. The molecule has 0 bridgehead atoms. The standard InChI is InChI=1S/C26H29NSi2/c1-28(2,3)19-25(23-16-8-12-20-11-6-7-15-22(20)23)29(4,5)24-17-9-13-21-14-10-18-27-26(21)24/h6-19H,1-5H3/b25-19+. The Labute approximate surface area is 176 Å². The summed E-state index contributed by atoms with van der Waals surface area (Å²) in [5, 5.41) is 6.87. The van der Waals surface area contributed by atoms with Crippen LogP contribution in [0.15, 0.2) is 84.7 Å². The van der Waals surface area contributed by atoms with Crippen molar-refractivity contribution in [2.24, 2.45) is 0 Å². The van der Waals surface area contributed by atoms with Crippen molar-refractivity contribution in [2.75, 3.05) is 0 Å². The summed E-state index contributed by atoms with van der Waals surface area (Å²) in [4.78, 5) is 4.80. The lowest BCUT2D eigenvalue weighted by Gasteiger charge is -2.31. The Morgan fingerprint density at radius 1 is 0.724 bits per heavy atom. The summed E-state index contributed by atoms with van der Waals surface area (Å²) in [7, 11) is -3.46. The maximum atomic E-state index is 4.80. The van der Waals surface area contributed by atoms with E-state index < -0.39 is 16.1 Å². The molecule has 1 nitrogen and oxygen atoms in total. The number of hydrogen-bond donors (Lipinski definition) is 0. The van der Waals surface area contributed by atoms with Crippen molar-refractivity contribution in [1.29, 1.82) is 0 Å². The van der Waals surface area contributed by atoms with Gasteiger partial charge in [0.1, 0.15) is 8.07 Å². The van der Waals surface area contributed by atoms with E-state index in [9.17, 15) is 0 Å². The van der Waals surface area contributed by atoms with Gasteiger partial charge in [0.15, 0.2) is 0 Å². The van der Waals surface area contributed by atoms with Crippen LogP contribution in [0, 0.1) is 0 Å². The lowest BCUT2D eigenvalue weighted by Crippen LogP contribution is -2.44. The van der Waals surface area contributed by atoms with Crippen LogP contribution in [0.3, 0.4) is 0 Å². The van der Waals surface area contributed by atoms with E-state index in [2.05, 4.69) is 105 Å². The normalized spacial score (nSPS) is 13.2. The molecular weight excluding hydrogens is 382 g/mol. The van der Waals surface area contributed by atoms with E-state index in [0.717, 1.165) is 5.52 Å². The maximum Gasteiger partial charge on any atom is 0.114 e. The number of benzene rings is 3. The summed E-state index contributed by atoms with van der Waals surface area (Å²) in [5.41, 5.74) is 5.20. The highest BCUT2D eigenvalue weighted by atomic mass is 28.3. The molecule has 0 fully saturated rings. The van der Waals surface area contributed by atoms with Crippen molar-refractivity contribution in [3.8, 4) is 0 Å². The molecule has 3 aromatic carbocycles. The third-order valence-corrected chi connectivity index (χ3v) is 10.6. The smallest absolute Gasteiger partial charge is 0.114 e. The molecule has 0 aliphatic heterocycles. The van der Waals surface area contributed by atoms with Crippen molar-refractivity contribution in [3.63, 3.8) is 0 Å². The van der Waals surface area contributed by atoms with Crippen molar-refractivity contribution >= 4 is 48.2 Å². The average molecular weight is 412 g/mol. The fourth-order valence-corrected chi connectivity index (χ4v) is 10.5. The number of aromatic nitrogens is 1. The molecule has 0 unspecified atom stereocenters. The molecule has 4 rings (SSSR count). The largest absolute Gasteiger partial charge is 0.256 e. The Kier molecular flexibility index (Phi) is 5.05. The highest BCUT2D eigenvalue weighted by Gasteiger charge is 2.33. The van der Waals surface area contributed by atoms with Crippen LogP contribution in [0.5, 0.6) is 0 Å². The van der Waals surface area contributed by atoms with Crippen LogP contribution >= 0.6 is 0 Å². The molecule has 0 spiro atoms. The van der Waals surface area contributed by atoms with Crippen LogP contribution in [0.1, 0.15) is 5.56 Å². The number of rotatable bonds is 4. The summed E-state index contributed by atoms with van der Waals surface area (Å²) in [6, 6.07) is 26.4. The van der Waals surface area contributed by atoms with Crippen LogP contribution in [0.25, 0.3) is 26.9 Å². The number of hydrogen-bond acceptors (Lipinski definition) is 1. The third kappa shape index (κ3) is 3.85. The molecule has 0 atom stereocenters. The Hall–Kier alpha value is -2.50. The Balaban J connectivity index is 2.03. The van der Waals surface area contributed by atoms with Gasteiger partial charge in [0.25, 0.3) is 0 Å². The summed E-state index contributed by atoms with van der Waals surface area (Å²) < 4.78 is 0. The van der Waals surface area contributed by atoms with Gasteiger partial charge in [-0.15, -0.1) is 0 Å². The van der Waals surface area contributed by atoms with E-state index in [4.69, 9.17) is 4.98 Å². The molecule has 0 aliphatic carbocycles. The monoisotopic (exact) mass is 411 g/mol. The number of pyridine rings is 1. The Morgan fingerprint density at radius 3 is 2.17 bits per heavy atom. The van der Waals surface area contributed by atoms with Crippen LogP contribution < -0.4 is 5.19 Å². The third-order valence-electron chi connectivity index (χ3n) is 5.64. The van der Waals surface area contributed by atoms with Crippen molar-refractivity contribution in [1.82, 2.24) is 4.98 Å². The minimum atomic E-state index is -2.01. The second-order valence-corrected chi connectivity index (χ2v) is 18.8. The van der Waals surface area contributed by atoms with E-state index in [1.165, 1.54) is 26.9 Å². The summed E-state index contributed by atoms with van der Waals surface area (Å²) in [5.74, 6) is 0. The number of fused-ring (bicyclic) bond motifs is 2. The highest BCUT2D eigenvalue weighted by Crippen LogP contribution is 2.34. The highest BCUT2D eigenvalue weighted by molar-refractivity contribution is 7.07. The van der Waals surface area contributed by atoms with Gasteiger partial charge in [-0.3, -0.25) is 4.98 Å². The van der Waals surface area contributed by atoms with Gasteiger partial charge in [0, 0.05) is 11.6 Å². The van der Waals surface area contributed by atoms with Gasteiger partial charge in [-0.25, -0.2) is 0 Å². The fourth-order valence-electron chi connectivity index (χ4n) is 4.24. The van der Waals surface area contributed by atoms with Gasteiger partial charge in [-0.05, 0) is 27.6 Å². The van der Waals surface area contributed by atoms with Crippen LogP contribution in [0.4, 0.5) is 0 Å². The first-order valence-corrected chi connectivity index (χ1v) is 16.9. The number of para-hydroxylation sites is 1. The molecule has 0 aliphatic rings. The maximum absolute atomic E-state index is 4.80. The van der Waals surface area contributed by atoms with Crippen molar-refractivity contribution in [3.05, 3.63) is 90.3 Å². The Bertz CT molecular complexity index is 1210. The molecule has 29 heavy (non-hydrogen) atoms. The van der Waals surface area contributed by atoms with Gasteiger partial charge in [0.05, 0.1) is 13.6 Å². The van der Waals surface area contributed by atoms with Crippen LogP contribution in [-0.2, 0) is 0 Å². The Morgan fingerprint density at radius 2 is 1.38 bits per heavy atom. The molecule has 3 heteroatoms. The predicted octanol–water partition coefficient (Wildman–Crippen LogP) is 6.80. The molecule has 0 saturated carbocycles. The van der Waals surface area contributed by atoms with E-state index in [1.807, 2.05) is 12.3 Å². The molecule has 1 heterocycles. The van der Waals surface area contributed by atoms with Gasteiger partial charge >= 0.3 is 0 Å². The van der Waals surface area contributed by atoms with Crippen molar-refractivity contribution in [2.45, 2.75) is 32.7 Å². The lowest BCUT2D eigenvalue weighted by atomic mass is 10.0. The van der Waals surface area contributed by atoms with Crippen LogP contribution in [0.2, 0.25) is 32.7 Å². The summed E-state index contributed by atoms with van der Waals surface area (Å²) >= 11 is 0. The zero-order valence-electron chi connectivity index (χ0n) is 18.0. The molecule has 0 N–H and O–H groups in total. The molecule has 1 aromatic heterocycles. The first-order chi connectivity index (χ1) is 13.8. The molecule has 4 aromatic rings. The number of nitrogens with zero attached hydrogens (tertiary/aromatic N) is 1. The molecule has 0 amide bonds. The molecule has 0 radical (unpaired) electrons. The minimum absolute atomic E-state index is 1.16. The predicted molar refractivity (Wildman–Crippen MR) is 134 cm³/mol. The molecule has 146 valence electrons. The van der Waals surface area contributed by atoms with Gasteiger partial charge in [0.2, 0.25) is 0 Å². The topological polar surface area (TPSA) is 12.9 Å².